The van der Waals surface area contributed by atoms with Crippen molar-refractivity contribution in [1.82, 2.24) is 0 Å². The molecule has 0 saturated carbocycles. The zero-order valence-electron chi connectivity index (χ0n) is 10.8. The van der Waals surface area contributed by atoms with Crippen LogP contribution in [-0.2, 0) is 11.2 Å². The number of carbonyl (C=O) groups is 2. The molecule has 0 fully saturated rings. The summed E-state index contributed by atoms with van der Waals surface area (Å²) in [4.78, 5) is 23.8. The Morgan fingerprint density at radius 1 is 1.10 bits per heavy atom. The fourth-order valence-corrected chi connectivity index (χ4v) is 2.38. The van der Waals surface area contributed by atoms with Crippen LogP contribution >= 0.6 is 0 Å². The molecule has 0 atom stereocenters. The van der Waals surface area contributed by atoms with Gasteiger partial charge in [0.15, 0.2) is 5.78 Å². The number of nitrogens with one attached hydrogen (secondary N) is 1. The van der Waals surface area contributed by atoms with E-state index in [-0.39, 0.29) is 11.7 Å². The fourth-order valence-electron chi connectivity index (χ4n) is 2.38. The Hall–Kier alpha value is -2.62. The summed E-state index contributed by atoms with van der Waals surface area (Å²) < 4.78 is 0. The minimum atomic E-state index is -0.0946. The SMILES string of the molecule is Nc1ccccc1C(=O)c1ccc2c(c1)CCC(=O)N2. The summed E-state index contributed by atoms with van der Waals surface area (Å²) in [5.41, 5.74) is 9.20. The summed E-state index contributed by atoms with van der Waals surface area (Å²) in [5, 5.41) is 2.80. The summed E-state index contributed by atoms with van der Waals surface area (Å²) >= 11 is 0. The third kappa shape index (κ3) is 2.16. The first-order valence-electron chi connectivity index (χ1n) is 6.47. The molecule has 2 aromatic carbocycles. The molecule has 1 aliphatic rings. The van der Waals surface area contributed by atoms with Crippen molar-refractivity contribution in [2.24, 2.45) is 0 Å². The monoisotopic (exact) mass is 266 g/mol. The summed E-state index contributed by atoms with van der Waals surface area (Å²) in [6.07, 6.45) is 1.12. The van der Waals surface area contributed by atoms with Crippen LogP contribution in [0.15, 0.2) is 42.5 Å². The maximum Gasteiger partial charge on any atom is 0.224 e. The van der Waals surface area contributed by atoms with Gasteiger partial charge in [0.2, 0.25) is 5.91 Å². The predicted molar refractivity (Wildman–Crippen MR) is 77.7 cm³/mol. The van der Waals surface area contributed by atoms with Crippen molar-refractivity contribution in [2.75, 3.05) is 11.1 Å². The van der Waals surface area contributed by atoms with Crippen molar-refractivity contribution in [2.45, 2.75) is 12.8 Å². The molecule has 20 heavy (non-hydrogen) atoms. The Morgan fingerprint density at radius 3 is 2.70 bits per heavy atom. The molecule has 100 valence electrons. The Bertz CT molecular complexity index is 707. The number of anilines is 2. The molecule has 3 rings (SSSR count). The van der Waals surface area contributed by atoms with Crippen molar-refractivity contribution < 1.29 is 9.59 Å². The molecular formula is C16H14N2O2. The lowest BCUT2D eigenvalue weighted by atomic mass is 9.96. The number of fused-ring (bicyclic) bond motifs is 1. The molecule has 4 heteroatoms. The average Bonchev–Trinajstić information content (AvgIpc) is 2.46. The third-order valence-corrected chi connectivity index (χ3v) is 3.47. The summed E-state index contributed by atoms with van der Waals surface area (Å²) in [6.45, 7) is 0. The minimum absolute atomic E-state index is 0.0175. The highest BCUT2D eigenvalue weighted by atomic mass is 16.1. The van der Waals surface area contributed by atoms with E-state index in [4.69, 9.17) is 5.73 Å². The second kappa shape index (κ2) is 4.81. The van der Waals surface area contributed by atoms with Crippen molar-refractivity contribution in [1.29, 1.82) is 0 Å². The first-order chi connectivity index (χ1) is 9.65. The van der Waals surface area contributed by atoms with Gasteiger partial charge in [0.05, 0.1) is 0 Å². The standard InChI is InChI=1S/C16H14N2O2/c17-13-4-2-1-3-12(13)16(20)11-5-7-14-10(9-11)6-8-15(19)18-14/h1-5,7,9H,6,8,17H2,(H,18,19). The lowest BCUT2D eigenvalue weighted by molar-refractivity contribution is -0.116. The number of hydrogen-bond donors (Lipinski definition) is 2. The van der Waals surface area contributed by atoms with Crippen molar-refractivity contribution in [3.8, 4) is 0 Å². The molecule has 3 N–H and O–H groups in total. The number of amides is 1. The van der Waals surface area contributed by atoms with E-state index in [2.05, 4.69) is 5.32 Å². The molecular weight excluding hydrogens is 252 g/mol. The van der Waals surface area contributed by atoms with Gasteiger partial charge in [-0.15, -0.1) is 0 Å². The van der Waals surface area contributed by atoms with Crippen LogP contribution in [0, 0.1) is 0 Å². The Balaban J connectivity index is 1.98. The van der Waals surface area contributed by atoms with Gasteiger partial charge in [-0.25, -0.2) is 0 Å². The molecule has 2 aromatic rings. The number of carbonyl (C=O) groups excluding carboxylic acids is 2. The largest absolute Gasteiger partial charge is 0.398 e. The minimum Gasteiger partial charge on any atom is -0.398 e. The molecule has 1 aliphatic heterocycles. The van der Waals surface area contributed by atoms with Crippen molar-refractivity contribution in [3.63, 3.8) is 0 Å². The molecule has 1 amide bonds. The van der Waals surface area contributed by atoms with Gasteiger partial charge in [-0.2, -0.15) is 0 Å². The van der Waals surface area contributed by atoms with Gasteiger partial charge < -0.3 is 11.1 Å². The fraction of sp³-hybridized carbons (Fsp3) is 0.125. The number of para-hydroxylation sites is 1. The van der Waals surface area contributed by atoms with Crippen LogP contribution < -0.4 is 11.1 Å². The van der Waals surface area contributed by atoms with Gasteiger partial charge in [-0.3, -0.25) is 9.59 Å². The molecule has 0 aliphatic carbocycles. The van der Waals surface area contributed by atoms with Crippen LogP contribution in [0.25, 0.3) is 0 Å². The Morgan fingerprint density at radius 2 is 1.90 bits per heavy atom. The second-order valence-electron chi connectivity index (χ2n) is 4.84. The van der Waals surface area contributed by atoms with Gasteiger partial charge in [0, 0.05) is 28.9 Å². The topological polar surface area (TPSA) is 72.2 Å². The van der Waals surface area contributed by atoms with E-state index in [9.17, 15) is 9.59 Å². The number of nitrogen functional groups attached to an aromatic ring is 1. The van der Waals surface area contributed by atoms with Gasteiger partial charge in [-0.05, 0) is 42.3 Å². The van der Waals surface area contributed by atoms with Crippen LogP contribution in [-0.4, -0.2) is 11.7 Å². The third-order valence-electron chi connectivity index (χ3n) is 3.47. The van der Waals surface area contributed by atoms with Crippen LogP contribution in [0.1, 0.15) is 27.9 Å². The van der Waals surface area contributed by atoms with E-state index in [0.29, 0.717) is 29.7 Å². The van der Waals surface area contributed by atoms with E-state index in [0.717, 1.165) is 11.3 Å². The summed E-state index contributed by atoms with van der Waals surface area (Å²) in [7, 11) is 0. The first kappa shape index (κ1) is 12.4. The molecule has 0 aromatic heterocycles. The van der Waals surface area contributed by atoms with Crippen LogP contribution in [0.4, 0.5) is 11.4 Å². The zero-order chi connectivity index (χ0) is 14.1. The molecule has 0 bridgehead atoms. The zero-order valence-corrected chi connectivity index (χ0v) is 10.8. The molecule has 0 unspecified atom stereocenters. The molecule has 1 heterocycles. The molecule has 0 saturated heterocycles. The highest BCUT2D eigenvalue weighted by Gasteiger charge is 2.18. The maximum absolute atomic E-state index is 12.4. The Kier molecular flexibility index (Phi) is 2.99. The molecule has 0 spiro atoms. The van der Waals surface area contributed by atoms with E-state index in [1.165, 1.54) is 0 Å². The van der Waals surface area contributed by atoms with Gasteiger partial charge in [0.25, 0.3) is 0 Å². The smallest absolute Gasteiger partial charge is 0.224 e. The lowest BCUT2D eigenvalue weighted by Crippen LogP contribution is -2.19. The lowest BCUT2D eigenvalue weighted by Gasteiger charge is -2.17. The highest BCUT2D eigenvalue weighted by Crippen LogP contribution is 2.25. The first-order valence-corrected chi connectivity index (χ1v) is 6.47. The number of rotatable bonds is 2. The van der Waals surface area contributed by atoms with E-state index in [1.54, 1.807) is 36.4 Å². The molecule has 4 nitrogen and oxygen atoms in total. The number of benzene rings is 2. The highest BCUT2D eigenvalue weighted by molar-refractivity contribution is 6.12. The number of ketones is 1. The number of hydrogen-bond acceptors (Lipinski definition) is 3. The Labute approximate surface area is 116 Å². The molecule has 0 radical (unpaired) electrons. The number of aryl methyl sites for hydroxylation is 1. The summed E-state index contributed by atoms with van der Waals surface area (Å²) in [5.74, 6) is -0.0771. The van der Waals surface area contributed by atoms with Gasteiger partial charge in [-0.1, -0.05) is 12.1 Å². The average molecular weight is 266 g/mol. The van der Waals surface area contributed by atoms with Crippen LogP contribution in [0.2, 0.25) is 0 Å². The van der Waals surface area contributed by atoms with Gasteiger partial charge >= 0.3 is 0 Å². The van der Waals surface area contributed by atoms with E-state index < -0.39 is 0 Å². The summed E-state index contributed by atoms with van der Waals surface area (Å²) in [6, 6.07) is 12.4. The number of nitrogens with two attached hydrogens (primary N) is 1. The second-order valence-corrected chi connectivity index (χ2v) is 4.84. The van der Waals surface area contributed by atoms with Crippen LogP contribution in [0.5, 0.6) is 0 Å². The van der Waals surface area contributed by atoms with Crippen LogP contribution in [0.3, 0.4) is 0 Å². The van der Waals surface area contributed by atoms with Gasteiger partial charge in [0.1, 0.15) is 0 Å². The predicted octanol–water partition coefficient (Wildman–Crippen LogP) is 2.38. The van der Waals surface area contributed by atoms with Crippen molar-refractivity contribution in [3.05, 3.63) is 59.2 Å². The van der Waals surface area contributed by atoms with E-state index in [1.807, 2.05) is 6.07 Å². The quantitative estimate of drug-likeness (QED) is 0.647. The van der Waals surface area contributed by atoms with Crippen molar-refractivity contribution >= 4 is 23.1 Å². The maximum atomic E-state index is 12.4. The van der Waals surface area contributed by atoms with E-state index >= 15 is 0 Å². The normalized spacial score (nSPS) is 13.5.